The van der Waals surface area contributed by atoms with Crippen LogP contribution in [0.25, 0.3) is 0 Å². The van der Waals surface area contributed by atoms with E-state index in [4.69, 9.17) is 14.0 Å². The summed E-state index contributed by atoms with van der Waals surface area (Å²) in [6.07, 6.45) is 3.02. The molecule has 3 heterocycles. The summed E-state index contributed by atoms with van der Waals surface area (Å²) in [5.74, 6) is 2.84. The monoisotopic (exact) mass is 329 g/mol. The van der Waals surface area contributed by atoms with Crippen LogP contribution in [0.3, 0.4) is 0 Å². The summed E-state index contributed by atoms with van der Waals surface area (Å²) in [6.45, 7) is 5.02. The van der Waals surface area contributed by atoms with Gasteiger partial charge in [-0.1, -0.05) is 17.3 Å². The van der Waals surface area contributed by atoms with Crippen LogP contribution in [-0.4, -0.2) is 30.0 Å². The molecular weight excluding hydrogens is 306 g/mol. The molecule has 1 aromatic carbocycles. The van der Waals surface area contributed by atoms with Gasteiger partial charge >= 0.3 is 0 Å². The summed E-state index contributed by atoms with van der Waals surface area (Å²) in [5, 5.41) is 7.59. The number of hydrogen-bond acceptors (Lipinski definition) is 6. The maximum Gasteiger partial charge on any atom is 0.244 e. The van der Waals surface area contributed by atoms with Crippen LogP contribution in [0.1, 0.15) is 41.7 Å². The third-order valence-electron chi connectivity index (χ3n) is 4.83. The fraction of sp³-hybridized carbons (Fsp3) is 0.556. The Morgan fingerprint density at radius 3 is 2.92 bits per heavy atom. The lowest BCUT2D eigenvalue weighted by molar-refractivity contribution is 0.0485. The van der Waals surface area contributed by atoms with Crippen molar-refractivity contribution in [1.29, 1.82) is 0 Å². The lowest BCUT2D eigenvalue weighted by atomic mass is 9.91. The Hall–Kier alpha value is -1.92. The van der Waals surface area contributed by atoms with Gasteiger partial charge in [-0.2, -0.15) is 4.98 Å². The molecule has 0 unspecified atom stereocenters. The number of nitrogens with one attached hydrogen (secondary N) is 1. The Morgan fingerprint density at radius 2 is 2.12 bits per heavy atom. The van der Waals surface area contributed by atoms with Crippen LogP contribution in [0.15, 0.2) is 22.7 Å². The first-order valence-electron chi connectivity index (χ1n) is 8.65. The molecule has 0 saturated carbocycles. The van der Waals surface area contributed by atoms with Crippen LogP contribution in [0.4, 0.5) is 0 Å². The zero-order valence-corrected chi connectivity index (χ0v) is 14.0. The summed E-state index contributed by atoms with van der Waals surface area (Å²) in [5.41, 5.74) is 2.55. The van der Waals surface area contributed by atoms with Crippen molar-refractivity contribution >= 4 is 0 Å². The van der Waals surface area contributed by atoms with Gasteiger partial charge in [-0.25, -0.2) is 0 Å². The van der Waals surface area contributed by atoms with Crippen LogP contribution in [-0.2, 0) is 17.7 Å². The minimum atomic E-state index is 0.0691. The highest BCUT2D eigenvalue weighted by molar-refractivity contribution is 5.39. The lowest BCUT2D eigenvalue weighted by Crippen LogP contribution is -2.32. The van der Waals surface area contributed by atoms with Crippen molar-refractivity contribution in [3.8, 4) is 5.75 Å². The second kappa shape index (κ2) is 6.91. The maximum atomic E-state index is 5.58. The topological polar surface area (TPSA) is 69.4 Å². The standard InChI is InChI=1S/C18H23N3O3/c1-12-20-18(24-21-12)17(14-4-7-22-8-5-14)19-11-13-2-3-16-15(10-13)6-9-23-16/h2-3,10,14,17,19H,4-9,11H2,1H3/t17-/m0/s1. The number of ether oxygens (including phenoxy) is 2. The minimum Gasteiger partial charge on any atom is -0.493 e. The Labute approximate surface area is 141 Å². The van der Waals surface area contributed by atoms with Crippen molar-refractivity contribution in [1.82, 2.24) is 15.5 Å². The van der Waals surface area contributed by atoms with Gasteiger partial charge in [0.15, 0.2) is 5.82 Å². The van der Waals surface area contributed by atoms with E-state index in [1.807, 2.05) is 6.92 Å². The second-order valence-corrected chi connectivity index (χ2v) is 6.53. The van der Waals surface area contributed by atoms with Gasteiger partial charge in [-0.05, 0) is 42.9 Å². The Morgan fingerprint density at radius 1 is 1.25 bits per heavy atom. The fourth-order valence-corrected chi connectivity index (χ4v) is 3.52. The molecule has 0 aliphatic carbocycles. The van der Waals surface area contributed by atoms with Crippen molar-refractivity contribution in [2.24, 2.45) is 5.92 Å². The zero-order valence-electron chi connectivity index (χ0n) is 14.0. The molecule has 24 heavy (non-hydrogen) atoms. The van der Waals surface area contributed by atoms with Crippen LogP contribution < -0.4 is 10.1 Å². The first-order valence-corrected chi connectivity index (χ1v) is 8.65. The molecule has 4 rings (SSSR count). The molecule has 2 aliphatic heterocycles. The van der Waals surface area contributed by atoms with Crippen LogP contribution in [0, 0.1) is 12.8 Å². The first kappa shape index (κ1) is 15.6. The minimum absolute atomic E-state index is 0.0691. The van der Waals surface area contributed by atoms with E-state index in [0.717, 1.165) is 51.4 Å². The van der Waals surface area contributed by atoms with Gasteiger partial charge in [-0.15, -0.1) is 0 Å². The average molecular weight is 329 g/mol. The molecular formula is C18H23N3O3. The quantitative estimate of drug-likeness (QED) is 0.909. The highest BCUT2D eigenvalue weighted by Gasteiger charge is 2.29. The molecule has 0 spiro atoms. The summed E-state index contributed by atoms with van der Waals surface area (Å²) in [4.78, 5) is 4.46. The summed E-state index contributed by atoms with van der Waals surface area (Å²) >= 11 is 0. The molecule has 1 atom stereocenters. The van der Waals surface area contributed by atoms with E-state index in [2.05, 4.69) is 33.7 Å². The highest BCUT2D eigenvalue weighted by Crippen LogP contribution is 2.30. The second-order valence-electron chi connectivity index (χ2n) is 6.53. The Bertz CT molecular complexity index is 695. The Balaban J connectivity index is 1.49. The van der Waals surface area contributed by atoms with Gasteiger partial charge < -0.3 is 19.3 Å². The third kappa shape index (κ3) is 3.30. The smallest absolute Gasteiger partial charge is 0.244 e. The highest BCUT2D eigenvalue weighted by atomic mass is 16.5. The van der Waals surface area contributed by atoms with Crippen molar-refractivity contribution < 1.29 is 14.0 Å². The van der Waals surface area contributed by atoms with E-state index in [1.54, 1.807) is 0 Å². The molecule has 0 bridgehead atoms. The van der Waals surface area contributed by atoms with Crippen LogP contribution in [0.5, 0.6) is 5.75 Å². The van der Waals surface area contributed by atoms with E-state index >= 15 is 0 Å². The number of hydrogen-bond donors (Lipinski definition) is 1. The van der Waals surface area contributed by atoms with Crippen molar-refractivity contribution in [2.75, 3.05) is 19.8 Å². The van der Waals surface area contributed by atoms with Gasteiger partial charge in [-0.3, -0.25) is 0 Å². The van der Waals surface area contributed by atoms with Crippen molar-refractivity contribution in [3.63, 3.8) is 0 Å². The van der Waals surface area contributed by atoms with Gasteiger partial charge in [0, 0.05) is 26.2 Å². The van der Waals surface area contributed by atoms with Crippen LogP contribution in [0.2, 0.25) is 0 Å². The number of aromatic nitrogens is 2. The number of aryl methyl sites for hydroxylation is 1. The number of rotatable bonds is 5. The predicted octanol–water partition coefficient (Wildman–Crippen LogP) is 2.57. The normalized spacial score (nSPS) is 19.0. The van der Waals surface area contributed by atoms with E-state index in [0.29, 0.717) is 17.6 Å². The summed E-state index contributed by atoms with van der Waals surface area (Å²) < 4.78 is 16.5. The molecule has 0 radical (unpaired) electrons. The molecule has 6 heteroatoms. The first-order chi connectivity index (χ1) is 11.8. The predicted molar refractivity (Wildman–Crippen MR) is 87.8 cm³/mol. The van der Waals surface area contributed by atoms with Gasteiger partial charge in [0.1, 0.15) is 5.75 Å². The van der Waals surface area contributed by atoms with Crippen molar-refractivity contribution in [3.05, 3.63) is 41.0 Å². The lowest BCUT2D eigenvalue weighted by Gasteiger charge is -2.28. The molecule has 1 N–H and O–H groups in total. The average Bonchev–Trinajstić information content (AvgIpc) is 3.24. The zero-order chi connectivity index (χ0) is 16.4. The molecule has 2 aromatic rings. The van der Waals surface area contributed by atoms with Gasteiger partial charge in [0.05, 0.1) is 12.6 Å². The molecule has 1 saturated heterocycles. The van der Waals surface area contributed by atoms with E-state index in [-0.39, 0.29) is 6.04 Å². The maximum absolute atomic E-state index is 5.58. The molecule has 0 amide bonds. The third-order valence-corrected chi connectivity index (χ3v) is 4.83. The number of fused-ring (bicyclic) bond motifs is 1. The van der Waals surface area contributed by atoms with Crippen molar-refractivity contribution in [2.45, 2.75) is 38.8 Å². The summed E-state index contributed by atoms with van der Waals surface area (Å²) in [7, 11) is 0. The van der Waals surface area contributed by atoms with E-state index < -0.39 is 0 Å². The molecule has 2 aliphatic rings. The molecule has 1 fully saturated rings. The van der Waals surface area contributed by atoms with E-state index in [9.17, 15) is 0 Å². The van der Waals surface area contributed by atoms with Gasteiger partial charge in [0.25, 0.3) is 0 Å². The summed E-state index contributed by atoms with van der Waals surface area (Å²) in [6, 6.07) is 6.49. The van der Waals surface area contributed by atoms with Crippen LogP contribution >= 0.6 is 0 Å². The largest absolute Gasteiger partial charge is 0.493 e. The fourth-order valence-electron chi connectivity index (χ4n) is 3.52. The SMILES string of the molecule is Cc1noc([C@@H](NCc2ccc3c(c2)CCO3)C2CCOCC2)n1. The molecule has 1 aromatic heterocycles. The molecule has 6 nitrogen and oxygen atoms in total. The number of nitrogens with zero attached hydrogens (tertiary/aromatic N) is 2. The Kier molecular flexibility index (Phi) is 4.49. The molecule has 128 valence electrons. The van der Waals surface area contributed by atoms with E-state index in [1.165, 1.54) is 11.1 Å². The van der Waals surface area contributed by atoms with Gasteiger partial charge in [0.2, 0.25) is 5.89 Å². The number of benzene rings is 1.